The van der Waals surface area contributed by atoms with Crippen LogP contribution >= 0.6 is 38.6 Å². The second-order valence-corrected chi connectivity index (χ2v) is 8.12. The molecule has 0 bridgehead atoms. The van der Waals surface area contributed by atoms with E-state index in [2.05, 4.69) is 69.2 Å². The van der Waals surface area contributed by atoms with E-state index >= 15 is 0 Å². The molecule has 0 atom stereocenters. The minimum absolute atomic E-state index is 0.577. The van der Waals surface area contributed by atoms with Crippen molar-refractivity contribution in [1.29, 1.82) is 0 Å². The zero-order chi connectivity index (χ0) is 16.9. The van der Waals surface area contributed by atoms with Gasteiger partial charge in [0.25, 0.3) is 0 Å². The summed E-state index contributed by atoms with van der Waals surface area (Å²) in [5.74, 6) is 0. The summed E-state index contributed by atoms with van der Waals surface area (Å²) in [6.45, 7) is 6.41. The number of nitrogens with zero attached hydrogens (tertiary/aromatic N) is 3. The molecule has 3 rings (SSSR count). The summed E-state index contributed by atoms with van der Waals surface area (Å²) in [6, 6.07) is 12.4. The fourth-order valence-corrected chi connectivity index (χ4v) is 3.97. The number of thiophene rings is 1. The Hall–Kier alpha value is -1.76. The SMILES string of the molecule is C=CCN=c1scc(-c2ccc(Br)cc2)n1N=Cc1ccc(C)s1. The molecule has 3 nitrogen and oxygen atoms in total. The van der Waals surface area contributed by atoms with Crippen molar-refractivity contribution in [2.45, 2.75) is 6.92 Å². The third-order valence-corrected chi connectivity index (χ3v) is 5.56. The Labute approximate surface area is 157 Å². The van der Waals surface area contributed by atoms with Gasteiger partial charge in [-0.25, -0.2) is 4.68 Å². The highest BCUT2D eigenvalue weighted by Gasteiger charge is 2.07. The zero-order valence-electron chi connectivity index (χ0n) is 13.1. The largest absolute Gasteiger partial charge is 0.253 e. The first kappa shape index (κ1) is 17.1. The molecule has 0 saturated carbocycles. The summed E-state index contributed by atoms with van der Waals surface area (Å²) < 4.78 is 2.95. The lowest BCUT2D eigenvalue weighted by Gasteiger charge is -2.03. The minimum atomic E-state index is 0.577. The molecule has 0 N–H and O–H groups in total. The van der Waals surface area contributed by atoms with E-state index in [4.69, 9.17) is 0 Å². The lowest BCUT2D eigenvalue weighted by Crippen LogP contribution is -2.12. The molecule has 6 heteroatoms. The lowest BCUT2D eigenvalue weighted by molar-refractivity contribution is 0.841. The average molecular weight is 418 g/mol. The Morgan fingerprint density at radius 1 is 1.21 bits per heavy atom. The van der Waals surface area contributed by atoms with Gasteiger partial charge >= 0.3 is 0 Å². The van der Waals surface area contributed by atoms with Crippen molar-refractivity contribution < 1.29 is 0 Å². The van der Waals surface area contributed by atoms with Crippen LogP contribution in [0.3, 0.4) is 0 Å². The van der Waals surface area contributed by atoms with Crippen LogP contribution in [0.15, 0.2) is 69.0 Å². The molecule has 2 heterocycles. The van der Waals surface area contributed by atoms with Gasteiger partial charge in [-0.2, -0.15) is 5.10 Å². The number of thiazole rings is 1. The summed E-state index contributed by atoms with van der Waals surface area (Å²) >= 11 is 6.78. The number of hydrogen-bond donors (Lipinski definition) is 0. The molecule has 0 saturated heterocycles. The van der Waals surface area contributed by atoms with Crippen LogP contribution in [0.1, 0.15) is 9.75 Å². The Morgan fingerprint density at radius 3 is 2.67 bits per heavy atom. The van der Waals surface area contributed by atoms with Crippen molar-refractivity contribution in [2.24, 2.45) is 10.1 Å². The predicted molar refractivity (Wildman–Crippen MR) is 108 cm³/mol. The van der Waals surface area contributed by atoms with Crippen LogP contribution in [-0.2, 0) is 0 Å². The third kappa shape index (κ3) is 4.01. The van der Waals surface area contributed by atoms with Gasteiger partial charge < -0.3 is 0 Å². The van der Waals surface area contributed by atoms with E-state index in [1.165, 1.54) is 4.88 Å². The lowest BCUT2D eigenvalue weighted by atomic mass is 10.2. The summed E-state index contributed by atoms with van der Waals surface area (Å²) in [5, 5.41) is 6.76. The van der Waals surface area contributed by atoms with Gasteiger partial charge in [0.2, 0.25) is 4.80 Å². The summed E-state index contributed by atoms with van der Waals surface area (Å²) in [4.78, 5) is 7.81. The van der Waals surface area contributed by atoms with Crippen molar-refractivity contribution in [1.82, 2.24) is 4.68 Å². The van der Waals surface area contributed by atoms with Crippen molar-refractivity contribution >= 4 is 44.8 Å². The van der Waals surface area contributed by atoms with Crippen LogP contribution in [-0.4, -0.2) is 17.4 Å². The van der Waals surface area contributed by atoms with Gasteiger partial charge in [-0.3, -0.25) is 4.99 Å². The molecule has 2 aromatic heterocycles. The van der Waals surface area contributed by atoms with Crippen molar-refractivity contribution in [3.8, 4) is 11.3 Å². The Bertz CT molecular complexity index is 930. The van der Waals surface area contributed by atoms with Crippen molar-refractivity contribution in [2.75, 3.05) is 6.54 Å². The normalized spacial score (nSPS) is 12.2. The van der Waals surface area contributed by atoms with Crippen LogP contribution in [0.5, 0.6) is 0 Å². The molecule has 0 unspecified atom stereocenters. The van der Waals surface area contributed by atoms with Gasteiger partial charge in [-0.05, 0) is 31.2 Å². The smallest absolute Gasteiger partial charge is 0.206 e. The van der Waals surface area contributed by atoms with E-state index in [-0.39, 0.29) is 0 Å². The van der Waals surface area contributed by atoms with Crippen LogP contribution in [0.2, 0.25) is 0 Å². The first-order chi connectivity index (χ1) is 11.7. The number of rotatable bonds is 5. The fourth-order valence-electron chi connectivity index (χ4n) is 2.12. The summed E-state index contributed by atoms with van der Waals surface area (Å²) in [7, 11) is 0. The number of aromatic nitrogens is 1. The highest BCUT2D eigenvalue weighted by molar-refractivity contribution is 9.10. The summed E-state index contributed by atoms with van der Waals surface area (Å²) in [5.41, 5.74) is 2.13. The number of aryl methyl sites for hydroxylation is 1. The standard InChI is InChI=1S/C18H16BrN3S2/c1-3-10-20-18-22(21-11-16-9-4-13(2)24-16)17(12-23-18)14-5-7-15(19)8-6-14/h3-9,11-12H,1,10H2,2H3. The van der Waals surface area contributed by atoms with Crippen LogP contribution in [0, 0.1) is 6.92 Å². The molecular weight excluding hydrogens is 402 g/mol. The van der Waals surface area contributed by atoms with Gasteiger partial charge in [0.05, 0.1) is 18.5 Å². The Kier molecular flexibility index (Phi) is 5.60. The number of halogens is 1. The van der Waals surface area contributed by atoms with Crippen molar-refractivity contribution in [3.63, 3.8) is 0 Å². The van der Waals surface area contributed by atoms with E-state index in [1.54, 1.807) is 28.7 Å². The van der Waals surface area contributed by atoms with Gasteiger partial charge in [0.1, 0.15) is 0 Å². The first-order valence-electron chi connectivity index (χ1n) is 7.36. The van der Waals surface area contributed by atoms with Crippen LogP contribution < -0.4 is 4.80 Å². The van der Waals surface area contributed by atoms with Gasteiger partial charge in [-0.15, -0.1) is 29.3 Å². The maximum Gasteiger partial charge on any atom is 0.206 e. The number of benzene rings is 1. The fraction of sp³-hybridized carbons (Fsp3) is 0.111. The monoisotopic (exact) mass is 417 g/mol. The minimum Gasteiger partial charge on any atom is -0.253 e. The molecule has 0 spiro atoms. The molecule has 0 radical (unpaired) electrons. The van der Waals surface area contributed by atoms with E-state index in [9.17, 15) is 0 Å². The van der Waals surface area contributed by atoms with Crippen LogP contribution in [0.4, 0.5) is 0 Å². The molecule has 0 fully saturated rings. The molecule has 122 valence electrons. The molecule has 1 aromatic carbocycles. The highest BCUT2D eigenvalue weighted by Crippen LogP contribution is 2.22. The van der Waals surface area contributed by atoms with Gasteiger partial charge in [0.15, 0.2) is 0 Å². The topological polar surface area (TPSA) is 29.6 Å². The second kappa shape index (κ2) is 7.88. The third-order valence-electron chi connectivity index (χ3n) is 3.24. The molecule has 0 amide bonds. The maximum atomic E-state index is 4.67. The first-order valence-corrected chi connectivity index (χ1v) is 9.85. The average Bonchev–Trinajstić information content (AvgIpc) is 3.17. The zero-order valence-corrected chi connectivity index (χ0v) is 16.4. The van der Waals surface area contributed by atoms with E-state index in [0.29, 0.717) is 6.54 Å². The molecule has 3 aromatic rings. The van der Waals surface area contributed by atoms with Gasteiger partial charge in [0, 0.05) is 25.2 Å². The quantitative estimate of drug-likeness (QED) is 0.397. The van der Waals surface area contributed by atoms with E-state index in [0.717, 1.165) is 25.4 Å². The highest BCUT2D eigenvalue weighted by atomic mass is 79.9. The summed E-state index contributed by atoms with van der Waals surface area (Å²) in [6.07, 6.45) is 3.68. The van der Waals surface area contributed by atoms with Gasteiger partial charge in [-0.1, -0.05) is 34.1 Å². The molecule has 0 aliphatic carbocycles. The number of hydrogen-bond acceptors (Lipinski definition) is 4. The van der Waals surface area contributed by atoms with E-state index in [1.807, 2.05) is 23.0 Å². The van der Waals surface area contributed by atoms with E-state index < -0.39 is 0 Å². The second-order valence-electron chi connectivity index (χ2n) is 5.04. The maximum absolute atomic E-state index is 4.67. The predicted octanol–water partition coefficient (Wildman–Crippen LogP) is 5.32. The molecule has 24 heavy (non-hydrogen) atoms. The Morgan fingerprint density at radius 2 is 2.00 bits per heavy atom. The Balaban J connectivity index is 2.06. The molecule has 0 aliphatic rings. The molecular formula is C18H16BrN3S2. The van der Waals surface area contributed by atoms with Crippen LogP contribution in [0.25, 0.3) is 11.3 Å². The van der Waals surface area contributed by atoms with Crippen molar-refractivity contribution in [3.05, 3.63) is 73.5 Å². The molecule has 0 aliphatic heterocycles.